The number of rotatable bonds is 3. The van der Waals surface area contributed by atoms with Gasteiger partial charge in [-0.1, -0.05) is 30.3 Å². The van der Waals surface area contributed by atoms with Gasteiger partial charge < -0.3 is 5.11 Å². The van der Waals surface area contributed by atoms with Crippen LogP contribution >= 0.6 is 0 Å². The predicted molar refractivity (Wildman–Crippen MR) is 82.3 cm³/mol. The molecule has 1 aliphatic rings. The van der Waals surface area contributed by atoms with Gasteiger partial charge in [-0.2, -0.15) is 5.10 Å². The first-order valence-corrected chi connectivity index (χ1v) is 6.87. The Morgan fingerprint density at radius 2 is 1.76 bits per heavy atom. The number of phenolic OH excluding ortho intramolecular Hbond substituents is 1. The Labute approximate surface area is 123 Å². The van der Waals surface area contributed by atoms with E-state index in [1.807, 2.05) is 49.4 Å². The number of para-hydroxylation sites is 1. The molecule has 0 spiro atoms. The van der Waals surface area contributed by atoms with Gasteiger partial charge in [0, 0.05) is 5.71 Å². The van der Waals surface area contributed by atoms with Crippen molar-refractivity contribution in [1.82, 2.24) is 0 Å². The van der Waals surface area contributed by atoms with Gasteiger partial charge >= 0.3 is 0 Å². The Morgan fingerprint density at radius 3 is 2.43 bits per heavy atom. The van der Waals surface area contributed by atoms with Crippen molar-refractivity contribution in [2.75, 3.05) is 5.01 Å². The van der Waals surface area contributed by atoms with Gasteiger partial charge in [-0.3, -0.25) is 4.79 Å². The lowest BCUT2D eigenvalue weighted by Crippen LogP contribution is -2.28. The fourth-order valence-electron chi connectivity index (χ4n) is 2.46. The highest BCUT2D eigenvalue weighted by Crippen LogP contribution is 2.26. The molecule has 0 aliphatic carbocycles. The van der Waals surface area contributed by atoms with Crippen molar-refractivity contribution in [3.8, 4) is 5.75 Å². The SMILES string of the molecule is CC1=NN(c2ccccc2)C(=O)[C@H]1Cc1ccc(O)cc1. The maximum Gasteiger partial charge on any atom is 0.256 e. The summed E-state index contributed by atoms with van der Waals surface area (Å²) in [6.45, 7) is 1.88. The second kappa shape index (κ2) is 5.40. The number of hydrazone groups is 1. The molecule has 0 unspecified atom stereocenters. The molecule has 1 amide bonds. The minimum atomic E-state index is -0.241. The molecule has 1 aliphatic heterocycles. The fourth-order valence-corrected chi connectivity index (χ4v) is 2.46. The van der Waals surface area contributed by atoms with Gasteiger partial charge in [0.1, 0.15) is 5.75 Å². The van der Waals surface area contributed by atoms with Crippen molar-refractivity contribution in [3.05, 3.63) is 60.2 Å². The van der Waals surface area contributed by atoms with Gasteiger partial charge in [-0.15, -0.1) is 0 Å². The van der Waals surface area contributed by atoms with Gasteiger partial charge in [0.15, 0.2) is 0 Å². The summed E-state index contributed by atoms with van der Waals surface area (Å²) < 4.78 is 0. The quantitative estimate of drug-likeness (QED) is 0.939. The number of hydrogen-bond donors (Lipinski definition) is 1. The lowest BCUT2D eigenvalue weighted by atomic mass is 9.95. The van der Waals surface area contributed by atoms with Crippen LogP contribution in [0, 0.1) is 5.92 Å². The monoisotopic (exact) mass is 280 g/mol. The van der Waals surface area contributed by atoms with Crippen molar-refractivity contribution in [2.24, 2.45) is 11.0 Å². The number of nitrogens with zero attached hydrogens (tertiary/aromatic N) is 2. The Morgan fingerprint density at radius 1 is 1.10 bits per heavy atom. The van der Waals surface area contributed by atoms with Crippen molar-refractivity contribution >= 4 is 17.3 Å². The third-order valence-electron chi connectivity index (χ3n) is 3.65. The average Bonchev–Trinajstić information content (AvgIpc) is 2.78. The van der Waals surface area contributed by atoms with E-state index in [2.05, 4.69) is 5.10 Å². The number of hydrogen-bond acceptors (Lipinski definition) is 3. The number of anilines is 1. The molecular formula is C17H16N2O2. The van der Waals surface area contributed by atoms with E-state index in [9.17, 15) is 9.90 Å². The summed E-state index contributed by atoms with van der Waals surface area (Å²) in [5, 5.41) is 15.2. The third kappa shape index (κ3) is 2.65. The van der Waals surface area contributed by atoms with Crippen molar-refractivity contribution < 1.29 is 9.90 Å². The molecule has 0 aromatic heterocycles. The van der Waals surface area contributed by atoms with Crippen LogP contribution in [-0.2, 0) is 11.2 Å². The standard InChI is InChI=1S/C17H16N2O2/c1-12-16(11-13-7-9-15(20)10-8-13)17(21)19(18-12)14-5-3-2-4-6-14/h2-10,16,20H,11H2,1H3/t16-/m0/s1. The number of amides is 1. The molecule has 21 heavy (non-hydrogen) atoms. The van der Waals surface area contributed by atoms with Gasteiger partial charge in [0.25, 0.3) is 5.91 Å². The largest absolute Gasteiger partial charge is 0.508 e. The summed E-state index contributed by atoms with van der Waals surface area (Å²) >= 11 is 0. The van der Waals surface area contributed by atoms with Crippen LogP contribution in [0.4, 0.5) is 5.69 Å². The van der Waals surface area contributed by atoms with Gasteiger partial charge in [-0.05, 0) is 43.2 Å². The molecule has 4 heteroatoms. The summed E-state index contributed by atoms with van der Waals surface area (Å²) in [4.78, 5) is 12.5. The van der Waals surface area contributed by atoms with Crippen LogP contribution < -0.4 is 5.01 Å². The Bertz CT molecular complexity index is 678. The maximum absolute atomic E-state index is 12.5. The molecule has 1 N–H and O–H groups in total. The van der Waals surface area contributed by atoms with Crippen LogP contribution in [-0.4, -0.2) is 16.7 Å². The molecule has 0 bridgehead atoms. The van der Waals surface area contributed by atoms with Crippen molar-refractivity contribution in [1.29, 1.82) is 0 Å². The first-order chi connectivity index (χ1) is 10.1. The van der Waals surface area contributed by atoms with E-state index in [4.69, 9.17) is 0 Å². The summed E-state index contributed by atoms with van der Waals surface area (Å²) in [5.41, 5.74) is 2.61. The zero-order valence-electron chi connectivity index (χ0n) is 11.7. The highest BCUT2D eigenvalue weighted by atomic mass is 16.3. The smallest absolute Gasteiger partial charge is 0.256 e. The molecule has 2 aromatic rings. The van der Waals surface area contributed by atoms with E-state index in [1.165, 1.54) is 5.01 Å². The van der Waals surface area contributed by atoms with E-state index in [0.717, 1.165) is 17.0 Å². The summed E-state index contributed by atoms with van der Waals surface area (Å²) in [6, 6.07) is 16.4. The molecule has 3 rings (SSSR count). The number of aromatic hydroxyl groups is 1. The average molecular weight is 280 g/mol. The minimum Gasteiger partial charge on any atom is -0.508 e. The highest BCUT2D eigenvalue weighted by Gasteiger charge is 2.34. The van der Waals surface area contributed by atoms with Crippen LogP contribution in [0.25, 0.3) is 0 Å². The third-order valence-corrected chi connectivity index (χ3v) is 3.65. The van der Waals surface area contributed by atoms with Crippen LogP contribution in [0.1, 0.15) is 12.5 Å². The lowest BCUT2D eigenvalue weighted by Gasteiger charge is -2.14. The van der Waals surface area contributed by atoms with E-state index in [1.54, 1.807) is 12.1 Å². The molecule has 2 aromatic carbocycles. The zero-order chi connectivity index (χ0) is 14.8. The van der Waals surface area contributed by atoms with Crippen LogP contribution in [0.15, 0.2) is 59.7 Å². The molecule has 0 saturated carbocycles. The Hall–Kier alpha value is -2.62. The normalized spacial score (nSPS) is 18.0. The molecule has 106 valence electrons. The number of carbonyl (C=O) groups excluding carboxylic acids is 1. The van der Waals surface area contributed by atoms with E-state index in [-0.39, 0.29) is 17.6 Å². The molecule has 0 fully saturated rings. The van der Waals surface area contributed by atoms with Crippen molar-refractivity contribution in [3.63, 3.8) is 0 Å². The molecule has 0 saturated heterocycles. The molecule has 1 heterocycles. The van der Waals surface area contributed by atoms with E-state index >= 15 is 0 Å². The van der Waals surface area contributed by atoms with Crippen LogP contribution in [0.3, 0.4) is 0 Å². The predicted octanol–water partition coefficient (Wildman–Crippen LogP) is 2.97. The zero-order valence-corrected chi connectivity index (χ0v) is 11.7. The number of benzene rings is 2. The minimum absolute atomic E-state index is 0.00762. The molecule has 0 radical (unpaired) electrons. The molecule has 1 atom stereocenters. The van der Waals surface area contributed by atoms with Gasteiger partial charge in [0.05, 0.1) is 11.6 Å². The summed E-state index contributed by atoms with van der Waals surface area (Å²) in [6.07, 6.45) is 0.595. The Balaban J connectivity index is 1.81. The van der Waals surface area contributed by atoms with Crippen molar-refractivity contribution in [2.45, 2.75) is 13.3 Å². The number of carbonyl (C=O) groups is 1. The van der Waals surface area contributed by atoms with Crippen LogP contribution in [0.2, 0.25) is 0 Å². The first-order valence-electron chi connectivity index (χ1n) is 6.87. The Kier molecular flexibility index (Phi) is 3.44. The van der Waals surface area contributed by atoms with E-state index < -0.39 is 0 Å². The molecular weight excluding hydrogens is 264 g/mol. The second-order valence-electron chi connectivity index (χ2n) is 5.15. The first kappa shape index (κ1) is 13.4. The lowest BCUT2D eigenvalue weighted by molar-refractivity contribution is -0.119. The molecule has 4 nitrogen and oxygen atoms in total. The fraction of sp³-hybridized carbons (Fsp3) is 0.176. The maximum atomic E-state index is 12.5. The summed E-state index contributed by atoms with van der Waals surface area (Å²) in [5.74, 6) is -0.0191. The topological polar surface area (TPSA) is 52.9 Å². The summed E-state index contributed by atoms with van der Waals surface area (Å²) in [7, 11) is 0. The highest BCUT2D eigenvalue weighted by molar-refractivity contribution is 6.14. The number of phenols is 1. The van der Waals surface area contributed by atoms with Crippen LogP contribution in [0.5, 0.6) is 5.75 Å². The second-order valence-corrected chi connectivity index (χ2v) is 5.15. The van der Waals surface area contributed by atoms with Gasteiger partial charge in [0.2, 0.25) is 0 Å². The van der Waals surface area contributed by atoms with Gasteiger partial charge in [-0.25, -0.2) is 5.01 Å². The van der Waals surface area contributed by atoms with E-state index in [0.29, 0.717) is 6.42 Å².